The minimum Gasteiger partial charge on any atom is -0.486 e. The van der Waals surface area contributed by atoms with Crippen LogP contribution in [0.5, 0.6) is 11.5 Å². The Morgan fingerprint density at radius 1 is 1.12 bits per heavy atom. The molecule has 0 saturated carbocycles. The number of fused-ring (bicyclic) bond motifs is 1. The molecule has 1 aliphatic rings. The van der Waals surface area contributed by atoms with E-state index < -0.39 is 0 Å². The number of benzene rings is 1. The molecule has 0 unspecified atom stereocenters. The molecule has 0 spiro atoms. The molecule has 0 amide bonds. The van der Waals surface area contributed by atoms with Crippen molar-refractivity contribution in [2.24, 2.45) is 5.73 Å². The Bertz CT molecular complexity index is 344. The first-order valence-electron chi connectivity index (χ1n) is 5.62. The first kappa shape index (κ1) is 11.6. The van der Waals surface area contributed by atoms with Gasteiger partial charge in [-0.3, -0.25) is 0 Å². The molecule has 88 valence electrons. The average Bonchev–Trinajstić information content (AvgIpc) is 2.34. The Balaban J connectivity index is 1.90. The van der Waals surface area contributed by atoms with Crippen LogP contribution in [-0.4, -0.2) is 25.5 Å². The molecule has 0 fully saturated rings. The Morgan fingerprint density at radius 3 is 2.75 bits per heavy atom. The summed E-state index contributed by atoms with van der Waals surface area (Å²) in [5.41, 5.74) is 5.45. The zero-order valence-corrected chi connectivity index (χ0v) is 10.1. The summed E-state index contributed by atoms with van der Waals surface area (Å²) >= 11 is 1.84. The van der Waals surface area contributed by atoms with Crippen LogP contribution in [0.4, 0.5) is 0 Å². The van der Waals surface area contributed by atoms with Crippen LogP contribution in [0, 0.1) is 0 Å². The standard InChI is InChI=1S/C12H17NO2S/c13-5-1-2-8-16-10-3-4-11-12(9-10)15-7-6-14-11/h3-4,9H,1-2,5-8,13H2. The minimum absolute atomic E-state index is 0.647. The number of rotatable bonds is 5. The van der Waals surface area contributed by atoms with Crippen LogP contribution in [0.25, 0.3) is 0 Å². The second kappa shape index (κ2) is 6.01. The molecule has 0 atom stereocenters. The molecule has 16 heavy (non-hydrogen) atoms. The van der Waals surface area contributed by atoms with Crippen LogP contribution in [0.1, 0.15) is 12.8 Å². The van der Waals surface area contributed by atoms with Crippen molar-refractivity contribution < 1.29 is 9.47 Å². The maximum atomic E-state index is 5.53. The summed E-state index contributed by atoms with van der Waals surface area (Å²) in [6, 6.07) is 6.13. The van der Waals surface area contributed by atoms with Gasteiger partial charge in [0.1, 0.15) is 13.2 Å². The predicted molar refractivity (Wildman–Crippen MR) is 66.4 cm³/mol. The van der Waals surface area contributed by atoms with Crippen LogP contribution in [0.15, 0.2) is 23.1 Å². The molecule has 0 bridgehead atoms. The van der Waals surface area contributed by atoms with E-state index in [2.05, 4.69) is 12.1 Å². The lowest BCUT2D eigenvalue weighted by Crippen LogP contribution is -2.15. The average molecular weight is 239 g/mol. The highest BCUT2D eigenvalue weighted by atomic mass is 32.2. The Morgan fingerprint density at radius 2 is 1.94 bits per heavy atom. The Labute approximate surface area is 100 Å². The second-order valence-corrected chi connectivity index (χ2v) is 4.82. The molecule has 0 aliphatic carbocycles. The van der Waals surface area contributed by atoms with Crippen molar-refractivity contribution in [2.75, 3.05) is 25.5 Å². The normalized spacial score (nSPS) is 13.8. The summed E-state index contributed by atoms with van der Waals surface area (Å²) in [7, 11) is 0. The van der Waals surface area contributed by atoms with E-state index in [0.29, 0.717) is 13.2 Å². The van der Waals surface area contributed by atoms with E-state index in [4.69, 9.17) is 15.2 Å². The topological polar surface area (TPSA) is 44.5 Å². The number of unbranched alkanes of at least 4 members (excludes halogenated alkanes) is 1. The van der Waals surface area contributed by atoms with Crippen molar-refractivity contribution in [3.8, 4) is 11.5 Å². The summed E-state index contributed by atoms with van der Waals surface area (Å²) in [6.07, 6.45) is 2.26. The van der Waals surface area contributed by atoms with Crippen molar-refractivity contribution >= 4 is 11.8 Å². The van der Waals surface area contributed by atoms with Crippen LogP contribution in [0.2, 0.25) is 0 Å². The van der Waals surface area contributed by atoms with Gasteiger partial charge in [-0.25, -0.2) is 0 Å². The summed E-state index contributed by atoms with van der Waals surface area (Å²) in [4.78, 5) is 1.24. The number of hydrogen-bond donors (Lipinski definition) is 1. The molecule has 4 heteroatoms. The largest absolute Gasteiger partial charge is 0.486 e. The van der Waals surface area contributed by atoms with Gasteiger partial charge in [0.25, 0.3) is 0 Å². The molecular formula is C12H17NO2S. The molecule has 1 aromatic rings. The second-order valence-electron chi connectivity index (χ2n) is 3.65. The fraction of sp³-hybridized carbons (Fsp3) is 0.500. The SMILES string of the molecule is NCCCCSc1ccc2c(c1)OCCO2. The number of nitrogens with two attached hydrogens (primary N) is 1. The van der Waals surface area contributed by atoms with Gasteiger partial charge in [0, 0.05) is 4.90 Å². The lowest BCUT2D eigenvalue weighted by atomic mass is 10.3. The molecule has 1 aromatic carbocycles. The predicted octanol–water partition coefficient (Wildman–Crippen LogP) is 2.29. The van der Waals surface area contributed by atoms with Gasteiger partial charge in [0.05, 0.1) is 0 Å². The van der Waals surface area contributed by atoms with Gasteiger partial charge < -0.3 is 15.2 Å². The summed E-state index contributed by atoms with van der Waals surface area (Å²) in [6.45, 7) is 2.08. The van der Waals surface area contributed by atoms with E-state index in [0.717, 1.165) is 36.6 Å². The molecule has 2 rings (SSSR count). The van der Waals surface area contributed by atoms with Crippen molar-refractivity contribution in [2.45, 2.75) is 17.7 Å². The maximum absolute atomic E-state index is 5.53. The third kappa shape index (κ3) is 3.06. The van der Waals surface area contributed by atoms with Crippen molar-refractivity contribution in [1.82, 2.24) is 0 Å². The molecule has 0 aromatic heterocycles. The van der Waals surface area contributed by atoms with Crippen LogP contribution >= 0.6 is 11.8 Å². The van der Waals surface area contributed by atoms with Crippen LogP contribution in [0.3, 0.4) is 0 Å². The van der Waals surface area contributed by atoms with Crippen LogP contribution in [-0.2, 0) is 0 Å². The monoisotopic (exact) mass is 239 g/mol. The third-order valence-electron chi connectivity index (χ3n) is 2.38. The first-order valence-corrected chi connectivity index (χ1v) is 6.61. The highest BCUT2D eigenvalue weighted by Crippen LogP contribution is 2.34. The smallest absolute Gasteiger partial charge is 0.162 e. The van der Waals surface area contributed by atoms with Gasteiger partial charge in [0.2, 0.25) is 0 Å². The van der Waals surface area contributed by atoms with Gasteiger partial charge in [-0.15, -0.1) is 11.8 Å². The highest BCUT2D eigenvalue weighted by Gasteiger charge is 2.11. The molecule has 2 N–H and O–H groups in total. The van der Waals surface area contributed by atoms with Crippen molar-refractivity contribution in [3.63, 3.8) is 0 Å². The summed E-state index contributed by atoms with van der Waals surface area (Å²) < 4.78 is 11.0. The lowest BCUT2D eigenvalue weighted by Gasteiger charge is -2.18. The highest BCUT2D eigenvalue weighted by molar-refractivity contribution is 7.99. The third-order valence-corrected chi connectivity index (χ3v) is 3.46. The number of hydrogen-bond acceptors (Lipinski definition) is 4. The van der Waals surface area contributed by atoms with E-state index in [9.17, 15) is 0 Å². The van der Waals surface area contributed by atoms with Crippen molar-refractivity contribution in [1.29, 1.82) is 0 Å². The molecule has 0 saturated heterocycles. The van der Waals surface area contributed by atoms with Crippen LogP contribution < -0.4 is 15.2 Å². The fourth-order valence-corrected chi connectivity index (χ4v) is 2.49. The van der Waals surface area contributed by atoms with E-state index >= 15 is 0 Å². The Kier molecular flexibility index (Phi) is 4.36. The van der Waals surface area contributed by atoms with E-state index in [-0.39, 0.29) is 0 Å². The molecule has 3 nitrogen and oxygen atoms in total. The summed E-state index contributed by atoms with van der Waals surface area (Å²) in [5, 5.41) is 0. The number of thioether (sulfide) groups is 1. The summed E-state index contributed by atoms with van der Waals surface area (Å²) in [5.74, 6) is 2.84. The zero-order valence-electron chi connectivity index (χ0n) is 9.28. The van der Waals surface area contributed by atoms with Gasteiger partial charge in [0.15, 0.2) is 11.5 Å². The van der Waals surface area contributed by atoms with Gasteiger partial charge in [-0.05, 0) is 43.3 Å². The molecule has 0 radical (unpaired) electrons. The molecule has 1 heterocycles. The van der Waals surface area contributed by atoms with Gasteiger partial charge >= 0.3 is 0 Å². The Hall–Kier alpha value is -0.870. The first-order chi connectivity index (χ1) is 7.90. The minimum atomic E-state index is 0.647. The van der Waals surface area contributed by atoms with Gasteiger partial charge in [-0.1, -0.05) is 0 Å². The van der Waals surface area contributed by atoms with Crippen molar-refractivity contribution in [3.05, 3.63) is 18.2 Å². The number of ether oxygens (including phenoxy) is 2. The fourth-order valence-electron chi connectivity index (χ4n) is 1.55. The van der Waals surface area contributed by atoms with E-state index in [1.807, 2.05) is 17.8 Å². The maximum Gasteiger partial charge on any atom is 0.162 e. The molecule has 1 aliphatic heterocycles. The van der Waals surface area contributed by atoms with E-state index in [1.165, 1.54) is 4.90 Å². The lowest BCUT2D eigenvalue weighted by molar-refractivity contribution is 0.171. The molecular weight excluding hydrogens is 222 g/mol. The quantitative estimate of drug-likeness (QED) is 0.632. The van der Waals surface area contributed by atoms with E-state index in [1.54, 1.807) is 0 Å². The van der Waals surface area contributed by atoms with Gasteiger partial charge in [-0.2, -0.15) is 0 Å². The zero-order chi connectivity index (χ0) is 11.2.